The van der Waals surface area contributed by atoms with Crippen molar-refractivity contribution in [1.82, 2.24) is 29.9 Å². The van der Waals surface area contributed by atoms with Crippen molar-refractivity contribution in [3.8, 4) is 0 Å². The minimum Gasteiger partial charge on any atom is -0.364 e. The smallest absolute Gasteiger partial charge is 0.231 e. The van der Waals surface area contributed by atoms with Crippen LogP contribution in [0.2, 0.25) is 0 Å². The molecule has 24 heavy (non-hydrogen) atoms. The summed E-state index contributed by atoms with van der Waals surface area (Å²) in [6.45, 7) is 0.605. The summed E-state index contributed by atoms with van der Waals surface area (Å²) in [4.78, 5) is 24.3. The number of aromatic nitrogens is 6. The maximum Gasteiger partial charge on any atom is 0.231 e. The Morgan fingerprint density at radius 2 is 1.92 bits per heavy atom. The van der Waals surface area contributed by atoms with E-state index in [0.29, 0.717) is 24.0 Å². The summed E-state index contributed by atoms with van der Waals surface area (Å²) in [6.07, 6.45) is 8.57. The minimum absolute atomic E-state index is 0.467. The van der Waals surface area contributed by atoms with Gasteiger partial charge in [-0.2, -0.15) is 9.97 Å². The van der Waals surface area contributed by atoms with Crippen LogP contribution in [0.4, 0.5) is 17.5 Å². The molecule has 0 unspecified atom stereocenters. The highest BCUT2D eigenvalue weighted by Gasteiger charge is 2.10. The summed E-state index contributed by atoms with van der Waals surface area (Å²) >= 11 is 0. The largest absolute Gasteiger partial charge is 0.364 e. The predicted octanol–water partition coefficient (Wildman–Crippen LogP) is 2.50. The molecule has 0 saturated heterocycles. The number of nitrogens with zero attached hydrogens (tertiary/aromatic N) is 5. The van der Waals surface area contributed by atoms with E-state index in [1.54, 1.807) is 24.9 Å². The monoisotopic (exact) mass is 318 g/mol. The lowest BCUT2D eigenvalue weighted by atomic mass is 10.3. The first-order valence-electron chi connectivity index (χ1n) is 7.39. The van der Waals surface area contributed by atoms with Gasteiger partial charge >= 0.3 is 0 Å². The molecular weight excluding hydrogens is 304 g/mol. The summed E-state index contributed by atoms with van der Waals surface area (Å²) in [7, 11) is 0. The van der Waals surface area contributed by atoms with Gasteiger partial charge < -0.3 is 15.6 Å². The zero-order valence-electron chi connectivity index (χ0n) is 12.6. The van der Waals surface area contributed by atoms with Crippen molar-refractivity contribution in [2.75, 3.05) is 10.6 Å². The topological polar surface area (TPSA) is 104 Å². The zero-order chi connectivity index (χ0) is 16.2. The molecule has 0 aliphatic carbocycles. The second-order valence-electron chi connectivity index (χ2n) is 5.07. The van der Waals surface area contributed by atoms with Crippen LogP contribution in [-0.4, -0.2) is 29.9 Å². The Kier molecular flexibility index (Phi) is 3.69. The average Bonchev–Trinajstić information content (AvgIpc) is 3.10. The lowest BCUT2D eigenvalue weighted by Gasteiger charge is -2.09. The third kappa shape index (κ3) is 2.98. The van der Waals surface area contributed by atoms with Gasteiger partial charge in [-0.15, -0.1) is 0 Å². The van der Waals surface area contributed by atoms with Crippen LogP contribution >= 0.6 is 0 Å². The van der Waals surface area contributed by atoms with E-state index in [-0.39, 0.29) is 0 Å². The Bertz CT molecular complexity index is 936. The van der Waals surface area contributed by atoms with E-state index in [2.05, 4.69) is 40.5 Å². The van der Waals surface area contributed by atoms with Gasteiger partial charge in [0.15, 0.2) is 11.5 Å². The summed E-state index contributed by atoms with van der Waals surface area (Å²) in [6, 6.07) is 7.60. The van der Waals surface area contributed by atoms with Gasteiger partial charge in [-0.3, -0.25) is 9.97 Å². The molecule has 118 valence electrons. The number of pyridine rings is 2. The number of fused-ring (bicyclic) bond motifs is 1. The molecule has 0 radical (unpaired) electrons. The van der Waals surface area contributed by atoms with Crippen molar-refractivity contribution < 1.29 is 0 Å². The Morgan fingerprint density at radius 1 is 1.00 bits per heavy atom. The molecular formula is C16H14N8. The maximum atomic E-state index is 4.54. The van der Waals surface area contributed by atoms with Gasteiger partial charge in [-0.05, 0) is 23.8 Å². The van der Waals surface area contributed by atoms with Crippen LogP contribution in [-0.2, 0) is 6.54 Å². The van der Waals surface area contributed by atoms with Crippen LogP contribution in [0.25, 0.3) is 11.2 Å². The molecule has 0 bridgehead atoms. The summed E-state index contributed by atoms with van der Waals surface area (Å²) in [5, 5.41) is 6.46. The first kappa shape index (κ1) is 14.1. The van der Waals surface area contributed by atoms with Crippen LogP contribution in [0.5, 0.6) is 0 Å². The van der Waals surface area contributed by atoms with Crippen molar-refractivity contribution in [1.29, 1.82) is 0 Å². The number of imidazole rings is 1. The van der Waals surface area contributed by atoms with E-state index in [1.807, 2.05) is 30.5 Å². The number of anilines is 3. The van der Waals surface area contributed by atoms with Crippen molar-refractivity contribution in [2.24, 2.45) is 0 Å². The molecule has 0 spiro atoms. The SMILES string of the molecule is c1cncc(CNc2nc(Nc3ccncc3)nc3nc[nH]c23)c1. The fourth-order valence-corrected chi connectivity index (χ4v) is 2.27. The number of rotatable bonds is 5. The molecule has 4 rings (SSSR count). The normalized spacial score (nSPS) is 10.7. The van der Waals surface area contributed by atoms with Crippen LogP contribution in [0.15, 0.2) is 55.4 Å². The molecule has 0 aliphatic heterocycles. The predicted molar refractivity (Wildman–Crippen MR) is 90.8 cm³/mol. The second-order valence-corrected chi connectivity index (χ2v) is 5.07. The van der Waals surface area contributed by atoms with Crippen molar-refractivity contribution in [3.63, 3.8) is 0 Å². The van der Waals surface area contributed by atoms with E-state index in [1.165, 1.54) is 0 Å². The molecule has 4 aromatic rings. The molecule has 0 atom stereocenters. The molecule has 0 amide bonds. The van der Waals surface area contributed by atoms with Gasteiger partial charge in [-0.1, -0.05) is 6.07 Å². The second kappa shape index (κ2) is 6.29. The fourth-order valence-electron chi connectivity index (χ4n) is 2.27. The van der Waals surface area contributed by atoms with Gasteiger partial charge in [0, 0.05) is 37.0 Å². The van der Waals surface area contributed by atoms with Gasteiger partial charge in [0.05, 0.1) is 6.33 Å². The average molecular weight is 318 g/mol. The van der Waals surface area contributed by atoms with Crippen molar-refractivity contribution in [3.05, 3.63) is 60.9 Å². The van der Waals surface area contributed by atoms with Crippen LogP contribution in [0, 0.1) is 0 Å². The molecule has 0 fully saturated rings. The Labute approximate surface area is 137 Å². The highest BCUT2D eigenvalue weighted by molar-refractivity contribution is 5.84. The first-order chi connectivity index (χ1) is 11.9. The van der Waals surface area contributed by atoms with E-state index in [4.69, 9.17) is 0 Å². The Balaban J connectivity index is 1.62. The van der Waals surface area contributed by atoms with Gasteiger partial charge in [0.2, 0.25) is 5.95 Å². The summed E-state index contributed by atoms with van der Waals surface area (Å²) in [5.41, 5.74) is 3.28. The molecule has 8 nitrogen and oxygen atoms in total. The number of H-pyrrole nitrogens is 1. The number of hydrogen-bond donors (Lipinski definition) is 3. The molecule has 0 aromatic carbocycles. The van der Waals surface area contributed by atoms with Gasteiger partial charge in [0.1, 0.15) is 5.52 Å². The third-order valence-corrected chi connectivity index (χ3v) is 3.40. The van der Waals surface area contributed by atoms with E-state index < -0.39 is 0 Å². The van der Waals surface area contributed by atoms with Gasteiger partial charge in [-0.25, -0.2) is 4.98 Å². The lowest BCUT2D eigenvalue weighted by Crippen LogP contribution is -2.06. The molecule has 0 saturated carbocycles. The fraction of sp³-hybridized carbons (Fsp3) is 0.0625. The number of hydrogen-bond acceptors (Lipinski definition) is 7. The first-order valence-corrected chi connectivity index (χ1v) is 7.39. The summed E-state index contributed by atoms with van der Waals surface area (Å²) < 4.78 is 0. The zero-order valence-corrected chi connectivity index (χ0v) is 12.6. The molecule has 0 aliphatic rings. The van der Waals surface area contributed by atoms with E-state index in [9.17, 15) is 0 Å². The third-order valence-electron chi connectivity index (χ3n) is 3.40. The molecule has 4 aromatic heterocycles. The minimum atomic E-state index is 0.467. The highest BCUT2D eigenvalue weighted by atomic mass is 15.2. The Hall–Kier alpha value is -3.55. The van der Waals surface area contributed by atoms with Crippen LogP contribution in [0.1, 0.15) is 5.56 Å². The standard InChI is InChI=1S/C16H14N8/c1-2-11(8-18-5-1)9-19-14-13-15(21-10-20-13)24-16(23-14)22-12-3-6-17-7-4-12/h1-8,10H,9H2,(H3,17,19,20,21,22,23,24). The van der Waals surface area contributed by atoms with Crippen LogP contribution < -0.4 is 10.6 Å². The number of nitrogens with one attached hydrogen (secondary N) is 3. The van der Waals surface area contributed by atoms with Crippen molar-refractivity contribution in [2.45, 2.75) is 6.54 Å². The van der Waals surface area contributed by atoms with Crippen LogP contribution in [0.3, 0.4) is 0 Å². The maximum absolute atomic E-state index is 4.54. The van der Waals surface area contributed by atoms with Gasteiger partial charge in [0.25, 0.3) is 0 Å². The molecule has 8 heteroatoms. The quantitative estimate of drug-likeness (QED) is 0.519. The molecule has 4 heterocycles. The van der Waals surface area contributed by atoms with E-state index in [0.717, 1.165) is 16.8 Å². The van der Waals surface area contributed by atoms with E-state index >= 15 is 0 Å². The van der Waals surface area contributed by atoms with Crippen molar-refractivity contribution >= 4 is 28.6 Å². The summed E-state index contributed by atoms with van der Waals surface area (Å²) in [5.74, 6) is 1.15. The Morgan fingerprint density at radius 3 is 2.75 bits per heavy atom. The molecule has 3 N–H and O–H groups in total. The lowest BCUT2D eigenvalue weighted by molar-refractivity contribution is 1.08. The number of aromatic amines is 1. The highest BCUT2D eigenvalue weighted by Crippen LogP contribution is 2.21.